The van der Waals surface area contributed by atoms with Gasteiger partial charge in [-0.15, -0.1) is 5.92 Å². The van der Waals surface area contributed by atoms with Gasteiger partial charge >= 0.3 is 0 Å². The molecule has 0 aromatic rings. The third kappa shape index (κ3) is 3.89. The van der Waals surface area contributed by atoms with Crippen LogP contribution in [-0.4, -0.2) is 23.0 Å². The molecule has 0 atom stereocenters. The molecule has 0 aromatic heterocycles. The number of thiocarbonyl (C=S) groups is 1. The molecule has 0 aromatic carbocycles. The monoisotopic (exact) mass is 221 g/mol. The minimum atomic E-state index is 0.826. The van der Waals surface area contributed by atoms with Gasteiger partial charge in [-0.1, -0.05) is 30.8 Å². The quantitative estimate of drug-likeness (QED) is 0.310. The number of hydrogen-bond acceptors (Lipinski definition) is 1. The number of rotatable bonds is 4. The van der Waals surface area contributed by atoms with E-state index in [1.165, 1.54) is 0 Å². The molecule has 0 saturated heterocycles. The molecular weight excluding hydrogens is 202 g/mol. The van der Waals surface area contributed by atoms with Crippen molar-refractivity contribution in [3.05, 3.63) is 23.8 Å². The molecule has 0 rings (SSSR count). The molecule has 0 spiro atoms. The van der Waals surface area contributed by atoms with Crippen molar-refractivity contribution in [1.82, 2.24) is 4.90 Å². The Labute approximate surface area is 98.9 Å². The van der Waals surface area contributed by atoms with E-state index in [9.17, 15) is 0 Å². The van der Waals surface area contributed by atoms with Gasteiger partial charge in [-0.3, -0.25) is 0 Å². The van der Waals surface area contributed by atoms with Gasteiger partial charge < -0.3 is 4.90 Å². The zero-order valence-electron chi connectivity index (χ0n) is 10.1. The molecule has 0 amide bonds. The first-order valence-corrected chi connectivity index (χ1v) is 5.58. The van der Waals surface area contributed by atoms with Crippen LogP contribution in [0.15, 0.2) is 23.8 Å². The fourth-order valence-corrected chi connectivity index (χ4v) is 1.69. The lowest BCUT2D eigenvalue weighted by Gasteiger charge is -2.22. The van der Waals surface area contributed by atoms with Crippen LogP contribution in [0.25, 0.3) is 0 Å². The van der Waals surface area contributed by atoms with E-state index in [1.54, 1.807) is 6.08 Å². The molecule has 0 saturated carbocycles. The maximum atomic E-state index is 5.42. The predicted octanol–water partition coefficient (Wildman–Crippen LogP) is 3.18. The van der Waals surface area contributed by atoms with E-state index in [0.29, 0.717) is 0 Å². The van der Waals surface area contributed by atoms with Crippen molar-refractivity contribution >= 4 is 17.2 Å². The molecule has 0 aliphatic rings. The van der Waals surface area contributed by atoms with Crippen LogP contribution in [0.1, 0.15) is 27.7 Å². The molecule has 0 radical (unpaired) electrons. The van der Waals surface area contributed by atoms with Crippen LogP contribution < -0.4 is 0 Å². The molecular formula is C13H19NS. The van der Waals surface area contributed by atoms with E-state index in [-0.39, 0.29) is 0 Å². The second-order valence-electron chi connectivity index (χ2n) is 3.11. The predicted molar refractivity (Wildman–Crippen MR) is 71.9 cm³/mol. The summed E-state index contributed by atoms with van der Waals surface area (Å²) in [6.07, 6.45) is 1.80. The highest BCUT2D eigenvalue weighted by molar-refractivity contribution is 7.80. The highest BCUT2D eigenvalue weighted by Crippen LogP contribution is 2.10. The molecule has 0 aliphatic heterocycles. The van der Waals surface area contributed by atoms with Crippen LogP contribution >= 0.6 is 12.2 Å². The third-order valence-electron chi connectivity index (χ3n) is 2.22. The normalized spacial score (nSPS) is 10.9. The van der Waals surface area contributed by atoms with Gasteiger partial charge in [0.25, 0.3) is 0 Å². The van der Waals surface area contributed by atoms with Gasteiger partial charge in [0.05, 0.1) is 5.57 Å². The van der Waals surface area contributed by atoms with Gasteiger partial charge in [-0.25, -0.2) is 0 Å². The second-order valence-corrected chi connectivity index (χ2v) is 3.50. The van der Waals surface area contributed by atoms with Gasteiger partial charge in [-0.05, 0) is 33.3 Å². The van der Waals surface area contributed by atoms with E-state index in [2.05, 4.69) is 37.2 Å². The van der Waals surface area contributed by atoms with Crippen molar-refractivity contribution in [1.29, 1.82) is 0 Å². The summed E-state index contributed by atoms with van der Waals surface area (Å²) in [4.78, 5) is 2.95. The van der Waals surface area contributed by atoms with E-state index >= 15 is 0 Å². The summed E-state index contributed by atoms with van der Waals surface area (Å²) in [5, 5.41) is 0. The lowest BCUT2D eigenvalue weighted by Crippen LogP contribution is -2.30. The smallest absolute Gasteiger partial charge is 0.117 e. The number of allylic oxidation sites excluding steroid dienone is 2. The van der Waals surface area contributed by atoms with Crippen molar-refractivity contribution in [2.24, 2.45) is 0 Å². The molecule has 0 N–H and O–H groups in total. The minimum absolute atomic E-state index is 0.826. The van der Waals surface area contributed by atoms with Crippen molar-refractivity contribution in [3.63, 3.8) is 0 Å². The summed E-state index contributed by atoms with van der Waals surface area (Å²) >= 11 is 5.42. The van der Waals surface area contributed by atoms with Crippen LogP contribution in [-0.2, 0) is 0 Å². The summed E-state index contributed by atoms with van der Waals surface area (Å²) in [6.45, 7) is 13.6. The SMILES string of the molecule is C=C/C(C)=C(/C#CC)C(=S)N(CC)CC. The van der Waals surface area contributed by atoms with Crippen LogP contribution in [0.4, 0.5) is 0 Å². The van der Waals surface area contributed by atoms with Crippen LogP contribution in [0.2, 0.25) is 0 Å². The fourth-order valence-electron chi connectivity index (χ4n) is 1.22. The minimum Gasteiger partial charge on any atom is -0.362 e. The Hall–Kier alpha value is -1.07. The van der Waals surface area contributed by atoms with E-state index in [1.807, 2.05) is 13.8 Å². The molecule has 0 bridgehead atoms. The van der Waals surface area contributed by atoms with Crippen molar-refractivity contribution < 1.29 is 0 Å². The molecule has 0 unspecified atom stereocenters. The first-order chi connectivity index (χ1) is 7.12. The van der Waals surface area contributed by atoms with Gasteiger partial charge in [0, 0.05) is 13.1 Å². The van der Waals surface area contributed by atoms with Crippen LogP contribution in [0, 0.1) is 11.8 Å². The average Bonchev–Trinajstić information content (AvgIpc) is 2.26. The Balaban J connectivity index is 5.17. The molecule has 0 fully saturated rings. The summed E-state index contributed by atoms with van der Waals surface area (Å²) < 4.78 is 0. The zero-order chi connectivity index (χ0) is 11.8. The number of likely N-dealkylation sites (N-methyl/N-ethyl adjacent to an activating group) is 1. The maximum Gasteiger partial charge on any atom is 0.117 e. The Morgan fingerprint density at radius 2 is 1.93 bits per heavy atom. The van der Waals surface area contributed by atoms with Crippen molar-refractivity contribution in [2.45, 2.75) is 27.7 Å². The van der Waals surface area contributed by atoms with E-state index in [4.69, 9.17) is 12.2 Å². The Bertz CT molecular complexity index is 324. The largest absolute Gasteiger partial charge is 0.362 e. The van der Waals surface area contributed by atoms with Crippen LogP contribution in [0.5, 0.6) is 0 Å². The standard InChI is InChI=1S/C13H19NS/c1-6-10-12(11(5)7-2)13(15)14(8-3)9-4/h7H,2,8-9H2,1,3-5H3/b12-11-. The molecule has 2 heteroatoms. The molecule has 1 nitrogen and oxygen atoms in total. The molecule has 0 heterocycles. The third-order valence-corrected chi connectivity index (χ3v) is 2.68. The molecule has 15 heavy (non-hydrogen) atoms. The lowest BCUT2D eigenvalue weighted by molar-refractivity contribution is 0.474. The topological polar surface area (TPSA) is 3.24 Å². The van der Waals surface area contributed by atoms with Gasteiger partial charge in [0.1, 0.15) is 4.99 Å². The first kappa shape index (κ1) is 13.9. The summed E-state index contributed by atoms with van der Waals surface area (Å²) in [6, 6.07) is 0. The Morgan fingerprint density at radius 3 is 2.27 bits per heavy atom. The number of hydrogen-bond donors (Lipinski definition) is 0. The Kier molecular flexibility index (Phi) is 6.73. The number of nitrogens with zero attached hydrogens (tertiary/aromatic N) is 1. The van der Waals surface area contributed by atoms with Gasteiger partial charge in [0.2, 0.25) is 0 Å². The second kappa shape index (κ2) is 7.25. The molecule has 0 aliphatic carbocycles. The highest BCUT2D eigenvalue weighted by Gasteiger charge is 2.10. The highest BCUT2D eigenvalue weighted by atomic mass is 32.1. The summed E-state index contributed by atoms with van der Waals surface area (Å²) in [5.74, 6) is 5.95. The van der Waals surface area contributed by atoms with Gasteiger partial charge in [0.15, 0.2) is 0 Å². The maximum absolute atomic E-state index is 5.42. The summed E-state index contributed by atoms with van der Waals surface area (Å²) in [5.41, 5.74) is 1.97. The first-order valence-electron chi connectivity index (χ1n) is 5.17. The average molecular weight is 221 g/mol. The summed E-state index contributed by atoms with van der Waals surface area (Å²) in [7, 11) is 0. The van der Waals surface area contributed by atoms with E-state index < -0.39 is 0 Å². The lowest BCUT2D eigenvalue weighted by atomic mass is 10.1. The Morgan fingerprint density at radius 1 is 1.40 bits per heavy atom. The fraction of sp³-hybridized carbons (Fsp3) is 0.462. The van der Waals surface area contributed by atoms with Gasteiger partial charge in [-0.2, -0.15) is 0 Å². The zero-order valence-corrected chi connectivity index (χ0v) is 10.9. The van der Waals surface area contributed by atoms with E-state index in [0.717, 1.165) is 29.2 Å². The molecule has 82 valence electrons. The van der Waals surface area contributed by atoms with Crippen LogP contribution in [0.3, 0.4) is 0 Å². The van der Waals surface area contributed by atoms with Crippen molar-refractivity contribution in [2.75, 3.05) is 13.1 Å². The van der Waals surface area contributed by atoms with Crippen molar-refractivity contribution in [3.8, 4) is 11.8 Å².